The van der Waals surface area contributed by atoms with Crippen LogP contribution in [0.1, 0.15) is 6.42 Å². The van der Waals surface area contributed by atoms with Crippen molar-refractivity contribution in [1.82, 2.24) is 0 Å². The average molecular weight is 117 g/mol. The van der Waals surface area contributed by atoms with Crippen molar-refractivity contribution in [1.29, 1.82) is 0 Å². The van der Waals surface area contributed by atoms with Gasteiger partial charge in [-0.15, -0.1) is 0 Å². The van der Waals surface area contributed by atoms with Crippen LogP contribution in [0, 0.1) is 0 Å². The van der Waals surface area contributed by atoms with E-state index in [0.717, 1.165) is 6.42 Å². The Hall–Kier alpha value is -0.120. The minimum Gasteiger partial charge on any atom is -0.389 e. The van der Waals surface area contributed by atoms with Crippen LogP contribution in [0.25, 0.3) is 0 Å². The summed E-state index contributed by atoms with van der Waals surface area (Å²) in [5.74, 6) is 0. The minimum absolute atomic E-state index is 0.0660. The summed E-state index contributed by atoms with van der Waals surface area (Å²) >= 11 is 0. The van der Waals surface area contributed by atoms with Gasteiger partial charge in [-0.1, -0.05) is 0 Å². The summed E-state index contributed by atoms with van der Waals surface area (Å²) in [5.41, 5.74) is 5.45. The highest BCUT2D eigenvalue weighted by Crippen LogP contribution is 2.03. The molecule has 8 heavy (non-hydrogen) atoms. The highest BCUT2D eigenvalue weighted by molar-refractivity contribution is 4.74. The molecule has 0 spiro atoms. The third-order valence-electron chi connectivity index (χ3n) is 1.38. The van der Waals surface area contributed by atoms with E-state index in [1.54, 1.807) is 0 Å². The monoisotopic (exact) mass is 117 g/mol. The van der Waals surface area contributed by atoms with E-state index in [9.17, 15) is 0 Å². The molecule has 0 saturated carbocycles. The molecule has 1 unspecified atom stereocenters. The van der Waals surface area contributed by atoms with Gasteiger partial charge in [-0.3, -0.25) is 0 Å². The molecule has 3 nitrogen and oxygen atoms in total. The second-order valence-electron chi connectivity index (χ2n) is 2.09. The molecule has 1 saturated heterocycles. The summed E-state index contributed by atoms with van der Waals surface area (Å²) in [6, 6.07) is -0.0660. The summed E-state index contributed by atoms with van der Waals surface area (Å²) in [4.78, 5) is 0. The van der Waals surface area contributed by atoms with Crippen molar-refractivity contribution in [2.45, 2.75) is 18.6 Å². The first kappa shape index (κ1) is 6.01. The Bertz CT molecular complexity index is 66.8. The van der Waals surface area contributed by atoms with E-state index in [1.807, 2.05) is 0 Å². The summed E-state index contributed by atoms with van der Waals surface area (Å²) in [5, 5.41) is 8.93. The van der Waals surface area contributed by atoms with Crippen LogP contribution in [0.3, 0.4) is 0 Å². The van der Waals surface area contributed by atoms with Crippen molar-refractivity contribution in [3.05, 3.63) is 0 Å². The third-order valence-corrected chi connectivity index (χ3v) is 1.38. The minimum atomic E-state index is -0.441. The molecular formula is C5H11NO2. The van der Waals surface area contributed by atoms with E-state index in [2.05, 4.69) is 0 Å². The number of hydrogen-bond acceptors (Lipinski definition) is 3. The van der Waals surface area contributed by atoms with Gasteiger partial charge in [0.05, 0.1) is 12.7 Å². The van der Waals surface area contributed by atoms with Crippen molar-refractivity contribution in [2.24, 2.45) is 5.73 Å². The Morgan fingerprint density at radius 3 is 2.75 bits per heavy atom. The molecule has 0 bridgehead atoms. The second kappa shape index (κ2) is 2.44. The number of hydrogen-bond donors (Lipinski definition) is 2. The van der Waals surface area contributed by atoms with Crippen LogP contribution in [0.4, 0.5) is 0 Å². The number of rotatable bonds is 0. The molecule has 0 amide bonds. The van der Waals surface area contributed by atoms with Gasteiger partial charge in [0.15, 0.2) is 0 Å². The van der Waals surface area contributed by atoms with Crippen LogP contribution in [0.15, 0.2) is 0 Å². The van der Waals surface area contributed by atoms with E-state index in [0.29, 0.717) is 13.2 Å². The van der Waals surface area contributed by atoms with Gasteiger partial charge in [0.1, 0.15) is 0 Å². The van der Waals surface area contributed by atoms with Gasteiger partial charge in [-0.25, -0.2) is 0 Å². The van der Waals surface area contributed by atoms with Gasteiger partial charge in [0.2, 0.25) is 0 Å². The van der Waals surface area contributed by atoms with Crippen molar-refractivity contribution >= 4 is 0 Å². The van der Waals surface area contributed by atoms with Crippen molar-refractivity contribution in [3.8, 4) is 0 Å². The molecule has 1 aliphatic heterocycles. The van der Waals surface area contributed by atoms with Gasteiger partial charge in [-0.05, 0) is 6.42 Å². The SMILES string of the molecule is N[C@H]1CCOCC1O. The maximum absolute atomic E-state index is 8.93. The first-order chi connectivity index (χ1) is 3.80. The molecule has 1 rings (SSSR count). The van der Waals surface area contributed by atoms with Crippen LogP contribution in [0.2, 0.25) is 0 Å². The molecule has 0 aliphatic carbocycles. The van der Waals surface area contributed by atoms with Gasteiger partial charge >= 0.3 is 0 Å². The largest absolute Gasteiger partial charge is 0.389 e. The lowest BCUT2D eigenvalue weighted by Gasteiger charge is -2.23. The molecule has 1 fully saturated rings. The van der Waals surface area contributed by atoms with Crippen molar-refractivity contribution < 1.29 is 9.84 Å². The van der Waals surface area contributed by atoms with Crippen LogP contribution in [-0.4, -0.2) is 30.5 Å². The highest BCUT2D eigenvalue weighted by atomic mass is 16.5. The molecule has 1 heterocycles. The maximum atomic E-state index is 8.93. The Morgan fingerprint density at radius 1 is 1.62 bits per heavy atom. The molecular weight excluding hydrogens is 106 g/mol. The Labute approximate surface area is 48.4 Å². The Morgan fingerprint density at radius 2 is 2.38 bits per heavy atom. The smallest absolute Gasteiger partial charge is 0.0924 e. The quantitative estimate of drug-likeness (QED) is 0.432. The predicted octanol–water partition coefficient (Wildman–Crippen LogP) is -0.905. The molecule has 0 aromatic rings. The first-order valence-electron chi connectivity index (χ1n) is 2.82. The zero-order chi connectivity index (χ0) is 5.98. The number of aliphatic hydroxyl groups is 1. The van der Waals surface area contributed by atoms with E-state index >= 15 is 0 Å². The lowest BCUT2D eigenvalue weighted by molar-refractivity contribution is -0.0182. The van der Waals surface area contributed by atoms with Gasteiger partial charge in [0.25, 0.3) is 0 Å². The number of nitrogens with two attached hydrogens (primary N) is 1. The summed E-state index contributed by atoms with van der Waals surface area (Å²) in [7, 11) is 0. The Balaban J connectivity index is 2.28. The van der Waals surface area contributed by atoms with Crippen LogP contribution >= 0.6 is 0 Å². The van der Waals surface area contributed by atoms with Crippen molar-refractivity contribution in [2.75, 3.05) is 13.2 Å². The van der Waals surface area contributed by atoms with E-state index < -0.39 is 6.10 Å². The van der Waals surface area contributed by atoms with Crippen LogP contribution < -0.4 is 5.73 Å². The average Bonchev–Trinajstić information content (AvgIpc) is 1.77. The number of aliphatic hydroxyl groups excluding tert-OH is 1. The molecule has 3 heteroatoms. The Kier molecular flexibility index (Phi) is 1.83. The standard InChI is InChI=1S/C5H11NO2/c6-4-1-2-8-3-5(4)7/h4-5,7H,1-3,6H2/t4-,5?/m0/s1. The van der Waals surface area contributed by atoms with Crippen LogP contribution in [0.5, 0.6) is 0 Å². The van der Waals surface area contributed by atoms with Crippen LogP contribution in [-0.2, 0) is 4.74 Å². The molecule has 0 radical (unpaired) electrons. The van der Waals surface area contributed by atoms with Gasteiger partial charge in [-0.2, -0.15) is 0 Å². The topological polar surface area (TPSA) is 55.5 Å². The normalized spacial score (nSPS) is 39.8. The predicted molar refractivity (Wildman–Crippen MR) is 29.4 cm³/mol. The molecule has 1 aliphatic rings. The van der Waals surface area contributed by atoms with E-state index in [1.165, 1.54) is 0 Å². The molecule has 0 aromatic carbocycles. The molecule has 3 N–H and O–H groups in total. The second-order valence-corrected chi connectivity index (χ2v) is 2.09. The van der Waals surface area contributed by atoms with Crippen molar-refractivity contribution in [3.63, 3.8) is 0 Å². The zero-order valence-corrected chi connectivity index (χ0v) is 4.71. The zero-order valence-electron chi connectivity index (χ0n) is 4.71. The third kappa shape index (κ3) is 1.18. The van der Waals surface area contributed by atoms with Gasteiger partial charge < -0.3 is 15.6 Å². The molecule has 48 valence electrons. The lowest BCUT2D eigenvalue weighted by Crippen LogP contribution is -2.42. The fraction of sp³-hybridized carbons (Fsp3) is 1.00. The maximum Gasteiger partial charge on any atom is 0.0924 e. The summed E-state index contributed by atoms with van der Waals surface area (Å²) < 4.78 is 4.92. The fourth-order valence-corrected chi connectivity index (χ4v) is 0.739. The highest BCUT2D eigenvalue weighted by Gasteiger charge is 2.18. The molecule has 2 atom stereocenters. The van der Waals surface area contributed by atoms with Gasteiger partial charge in [0, 0.05) is 12.6 Å². The number of ether oxygens (including phenoxy) is 1. The van der Waals surface area contributed by atoms with E-state index in [4.69, 9.17) is 15.6 Å². The first-order valence-corrected chi connectivity index (χ1v) is 2.82. The summed E-state index contributed by atoms with van der Waals surface area (Å²) in [6.45, 7) is 1.10. The van der Waals surface area contributed by atoms with E-state index in [-0.39, 0.29) is 6.04 Å². The fourth-order valence-electron chi connectivity index (χ4n) is 0.739. The summed E-state index contributed by atoms with van der Waals surface area (Å²) in [6.07, 6.45) is 0.338. The lowest BCUT2D eigenvalue weighted by atomic mass is 10.1. The molecule has 0 aromatic heterocycles.